The van der Waals surface area contributed by atoms with E-state index in [1.165, 1.54) is 12.1 Å². The molecule has 1 saturated heterocycles. The predicted molar refractivity (Wildman–Crippen MR) is 75.0 cm³/mol. The van der Waals surface area contributed by atoms with Crippen molar-refractivity contribution >= 4 is 5.69 Å². The van der Waals surface area contributed by atoms with Crippen molar-refractivity contribution in [1.82, 2.24) is 20.5 Å². The van der Waals surface area contributed by atoms with Gasteiger partial charge < -0.3 is 10.2 Å². The second kappa shape index (κ2) is 5.75. The van der Waals surface area contributed by atoms with Gasteiger partial charge in [0.2, 0.25) is 0 Å². The smallest absolute Gasteiger partial charge is 0.181 e. The van der Waals surface area contributed by atoms with Crippen LogP contribution in [0.15, 0.2) is 36.7 Å². The Balaban J connectivity index is 1.78. The van der Waals surface area contributed by atoms with Crippen molar-refractivity contribution in [3.8, 4) is 11.4 Å². The molecule has 5 heteroatoms. The van der Waals surface area contributed by atoms with Crippen molar-refractivity contribution in [2.45, 2.75) is 6.42 Å². The summed E-state index contributed by atoms with van der Waals surface area (Å²) in [6, 6.07) is 8.39. The average molecular weight is 255 g/mol. The van der Waals surface area contributed by atoms with Gasteiger partial charge in [0.15, 0.2) is 5.82 Å². The third-order valence-electron chi connectivity index (χ3n) is 3.31. The first-order chi connectivity index (χ1) is 9.43. The summed E-state index contributed by atoms with van der Waals surface area (Å²) in [5, 5.41) is 11.3. The standard InChI is InChI=1S/C14H17N5/c1-6-15-9-11-19(10-1)13-4-2-12(3-5-13)14-16-7-8-17-18-14/h2-5,7-8,15H,1,6,9-11H2. The van der Waals surface area contributed by atoms with Gasteiger partial charge in [0.25, 0.3) is 0 Å². The van der Waals surface area contributed by atoms with Gasteiger partial charge in [0.1, 0.15) is 0 Å². The van der Waals surface area contributed by atoms with Gasteiger partial charge in [-0.25, -0.2) is 4.98 Å². The lowest BCUT2D eigenvalue weighted by Gasteiger charge is -2.22. The third-order valence-corrected chi connectivity index (χ3v) is 3.31. The molecule has 0 unspecified atom stereocenters. The molecule has 0 atom stereocenters. The lowest BCUT2D eigenvalue weighted by Crippen LogP contribution is -2.27. The summed E-state index contributed by atoms with van der Waals surface area (Å²) in [5.74, 6) is 0.673. The van der Waals surface area contributed by atoms with E-state index >= 15 is 0 Å². The Labute approximate surface area is 112 Å². The average Bonchev–Trinajstić information content (AvgIpc) is 2.77. The number of anilines is 1. The number of rotatable bonds is 2. The molecule has 0 amide bonds. The zero-order chi connectivity index (χ0) is 12.9. The van der Waals surface area contributed by atoms with Gasteiger partial charge in [-0.05, 0) is 37.2 Å². The highest BCUT2D eigenvalue weighted by molar-refractivity contribution is 5.60. The van der Waals surface area contributed by atoms with Crippen LogP contribution in [-0.4, -0.2) is 41.4 Å². The van der Waals surface area contributed by atoms with Crippen LogP contribution in [0.5, 0.6) is 0 Å². The van der Waals surface area contributed by atoms with Crippen molar-refractivity contribution in [3.63, 3.8) is 0 Å². The molecule has 3 rings (SSSR count). The topological polar surface area (TPSA) is 53.9 Å². The van der Waals surface area contributed by atoms with Crippen molar-refractivity contribution in [2.24, 2.45) is 0 Å². The van der Waals surface area contributed by atoms with Crippen LogP contribution < -0.4 is 10.2 Å². The van der Waals surface area contributed by atoms with E-state index in [4.69, 9.17) is 0 Å². The normalized spacial score (nSPS) is 16.1. The molecule has 2 heterocycles. The Hall–Kier alpha value is -2.01. The van der Waals surface area contributed by atoms with Crippen LogP contribution in [0.1, 0.15) is 6.42 Å². The first-order valence-corrected chi connectivity index (χ1v) is 6.63. The summed E-state index contributed by atoms with van der Waals surface area (Å²) < 4.78 is 0. The summed E-state index contributed by atoms with van der Waals surface area (Å²) in [6.45, 7) is 4.32. The molecule has 0 spiro atoms. The molecule has 1 aromatic heterocycles. The summed E-state index contributed by atoms with van der Waals surface area (Å²) in [5.41, 5.74) is 2.26. The molecule has 2 aromatic rings. The molecular formula is C14H17N5. The summed E-state index contributed by atoms with van der Waals surface area (Å²) in [7, 11) is 0. The largest absolute Gasteiger partial charge is 0.370 e. The molecule has 0 aliphatic carbocycles. The summed E-state index contributed by atoms with van der Waals surface area (Å²) in [6.07, 6.45) is 4.44. The summed E-state index contributed by atoms with van der Waals surface area (Å²) in [4.78, 5) is 6.62. The maximum absolute atomic E-state index is 4.21. The number of nitrogens with one attached hydrogen (secondary N) is 1. The van der Waals surface area contributed by atoms with E-state index in [9.17, 15) is 0 Å². The molecule has 1 aliphatic heterocycles. The number of hydrogen-bond acceptors (Lipinski definition) is 5. The van der Waals surface area contributed by atoms with E-state index in [2.05, 4.69) is 49.7 Å². The SMILES string of the molecule is c1cnc(-c2ccc(N3CCCNCC3)cc2)nn1. The van der Waals surface area contributed by atoms with E-state index in [-0.39, 0.29) is 0 Å². The minimum atomic E-state index is 0.673. The minimum Gasteiger partial charge on any atom is -0.370 e. The lowest BCUT2D eigenvalue weighted by molar-refractivity contribution is 0.724. The molecule has 1 aliphatic rings. The fraction of sp³-hybridized carbons (Fsp3) is 0.357. The van der Waals surface area contributed by atoms with Gasteiger partial charge in [-0.2, -0.15) is 5.10 Å². The van der Waals surface area contributed by atoms with Gasteiger partial charge in [-0.1, -0.05) is 0 Å². The van der Waals surface area contributed by atoms with Crippen LogP contribution in [0.4, 0.5) is 5.69 Å². The van der Waals surface area contributed by atoms with E-state index in [1.54, 1.807) is 12.4 Å². The molecule has 0 radical (unpaired) electrons. The molecule has 0 saturated carbocycles. The second-order valence-electron chi connectivity index (χ2n) is 4.60. The number of benzene rings is 1. The monoisotopic (exact) mass is 255 g/mol. The summed E-state index contributed by atoms with van der Waals surface area (Å²) >= 11 is 0. The fourth-order valence-corrected chi connectivity index (χ4v) is 2.31. The molecule has 0 bridgehead atoms. The van der Waals surface area contributed by atoms with Gasteiger partial charge in [0.05, 0.1) is 6.20 Å². The zero-order valence-electron chi connectivity index (χ0n) is 10.8. The number of nitrogens with zero attached hydrogens (tertiary/aromatic N) is 4. The van der Waals surface area contributed by atoms with E-state index in [1.807, 2.05) is 0 Å². The first-order valence-electron chi connectivity index (χ1n) is 6.63. The Morgan fingerprint density at radius 3 is 2.68 bits per heavy atom. The van der Waals surface area contributed by atoms with Crippen LogP contribution in [0.2, 0.25) is 0 Å². The quantitative estimate of drug-likeness (QED) is 0.877. The van der Waals surface area contributed by atoms with Crippen molar-refractivity contribution < 1.29 is 0 Å². The molecule has 1 fully saturated rings. The Bertz CT molecular complexity index is 503. The highest BCUT2D eigenvalue weighted by Crippen LogP contribution is 2.20. The van der Waals surface area contributed by atoms with Gasteiger partial charge in [-0.3, -0.25) is 0 Å². The van der Waals surface area contributed by atoms with Crippen LogP contribution in [-0.2, 0) is 0 Å². The Kier molecular flexibility index (Phi) is 3.65. The minimum absolute atomic E-state index is 0.673. The van der Waals surface area contributed by atoms with Gasteiger partial charge >= 0.3 is 0 Å². The molecule has 1 N–H and O–H groups in total. The van der Waals surface area contributed by atoms with Crippen molar-refractivity contribution in [2.75, 3.05) is 31.1 Å². The molecule has 5 nitrogen and oxygen atoms in total. The Morgan fingerprint density at radius 2 is 1.89 bits per heavy atom. The van der Waals surface area contributed by atoms with E-state index in [0.717, 1.165) is 31.7 Å². The first kappa shape index (κ1) is 12.0. The highest BCUT2D eigenvalue weighted by atomic mass is 15.2. The molecule has 98 valence electrons. The van der Waals surface area contributed by atoms with Crippen LogP contribution >= 0.6 is 0 Å². The Morgan fingerprint density at radius 1 is 1.00 bits per heavy atom. The van der Waals surface area contributed by atoms with Crippen molar-refractivity contribution in [3.05, 3.63) is 36.7 Å². The molecule has 19 heavy (non-hydrogen) atoms. The van der Waals surface area contributed by atoms with Crippen LogP contribution in [0, 0.1) is 0 Å². The van der Waals surface area contributed by atoms with Gasteiger partial charge in [0, 0.05) is 37.1 Å². The highest BCUT2D eigenvalue weighted by Gasteiger charge is 2.09. The van der Waals surface area contributed by atoms with Crippen LogP contribution in [0.3, 0.4) is 0 Å². The molecular weight excluding hydrogens is 238 g/mol. The van der Waals surface area contributed by atoms with Gasteiger partial charge in [-0.15, -0.1) is 5.10 Å². The lowest BCUT2D eigenvalue weighted by atomic mass is 10.2. The predicted octanol–water partition coefficient (Wildman–Crippen LogP) is 1.34. The zero-order valence-corrected chi connectivity index (χ0v) is 10.8. The molecule has 1 aromatic carbocycles. The second-order valence-corrected chi connectivity index (χ2v) is 4.60. The fourth-order valence-electron chi connectivity index (χ4n) is 2.31. The van der Waals surface area contributed by atoms with Crippen molar-refractivity contribution in [1.29, 1.82) is 0 Å². The van der Waals surface area contributed by atoms with Crippen LogP contribution in [0.25, 0.3) is 11.4 Å². The number of hydrogen-bond donors (Lipinski definition) is 1. The maximum Gasteiger partial charge on any atom is 0.181 e. The van der Waals surface area contributed by atoms with E-state index in [0.29, 0.717) is 5.82 Å². The van der Waals surface area contributed by atoms with E-state index < -0.39 is 0 Å². The maximum atomic E-state index is 4.21. The number of aromatic nitrogens is 3. The third kappa shape index (κ3) is 2.88.